The second kappa shape index (κ2) is 4.31. The average Bonchev–Trinajstić information content (AvgIpc) is 1.80. The van der Waals surface area contributed by atoms with Gasteiger partial charge in [0, 0.05) is 10.2 Å². The maximum Gasteiger partial charge on any atom is 0.0545 e. The van der Waals surface area contributed by atoms with Crippen molar-refractivity contribution in [2.24, 2.45) is 0 Å². The molecule has 0 fully saturated rings. The molecule has 0 radical (unpaired) electrons. The molecule has 0 spiro atoms. The van der Waals surface area contributed by atoms with Crippen molar-refractivity contribution in [3.63, 3.8) is 0 Å². The maximum atomic E-state index is 3.31. The van der Waals surface area contributed by atoms with E-state index in [1.807, 2.05) is 0 Å². The summed E-state index contributed by atoms with van der Waals surface area (Å²) in [6.45, 7) is 7.20. The van der Waals surface area contributed by atoms with E-state index in [2.05, 4.69) is 33.1 Å². The summed E-state index contributed by atoms with van der Waals surface area (Å²) < 4.78 is 0.734. The minimum Gasteiger partial charge on any atom is -0.323 e. The lowest BCUT2D eigenvalue weighted by molar-refractivity contribution is 0.862. The van der Waals surface area contributed by atoms with E-state index in [-0.39, 0.29) is 0 Å². The first-order valence-corrected chi connectivity index (χ1v) is 7.38. The third-order valence-electron chi connectivity index (χ3n) is 2.17. The summed E-state index contributed by atoms with van der Waals surface area (Å²) in [5, 5.41) is 3.31. The third-order valence-corrected chi connectivity index (χ3v) is 8.95. The van der Waals surface area contributed by atoms with Crippen LogP contribution in [0.25, 0.3) is 0 Å². The summed E-state index contributed by atoms with van der Waals surface area (Å²) in [5.41, 5.74) is 0. The van der Waals surface area contributed by atoms with Crippen LogP contribution in [0.3, 0.4) is 0 Å². The van der Waals surface area contributed by atoms with Gasteiger partial charge in [0.2, 0.25) is 0 Å². The van der Waals surface area contributed by atoms with Crippen molar-refractivity contribution in [2.45, 2.75) is 31.5 Å². The van der Waals surface area contributed by atoms with Crippen LogP contribution in [-0.2, 0) is 0 Å². The van der Waals surface area contributed by atoms with Crippen LogP contribution >= 0.6 is 0 Å². The lowest BCUT2D eigenvalue weighted by Crippen LogP contribution is -2.37. The van der Waals surface area contributed by atoms with Gasteiger partial charge in [-0.2, -0.15) is 0 Å². The maximum absolute atomic E-state index is 3.31. The first kappa shape index (κ1) is 10.4. The second-order valence-electron chi connectivity index (χ2n) is 4.03. The van der Waals surface area contributed by atoms with Crippen LogP contribution in [-0.4, -0.2) is 32.3 Å². The topological polar surface area (TPSA) is 12.0 Å². The van der Waals surface area contributed by atoms with E-state index in [9.17, 15) is 0 Å². The van der Waals surface area contributed by atoms with Gasteiger partial charge in [-0.25, -0.2) is 0 Å². The lowest BCUT2D eigenvalue weighted by Gasteiger charge is -2.27. The zero-order valence-electron chi connectivity index (χ0n) is 7.99. The van der Waals surface area contributed by atoms with Gasteiger partial charge in [-0.3, -0.25) is 0 Å². The molecule has 0 aliphatic carbocycles. The predicted molar refractivity (Wildman–Crippen MR) is 55.5 cm³/mol. The smallest absolute Gasteiger partial charge is 0.0545 e. The van der Waals surface area contributed by atoms with E-state index >= 15 is 0 Å². The molecule has 0 saturated heterocycles. The van der Waals surface area contributed by atoms with E-state index < -0.39 is 8.80 Å². The largest absolute Gasteiger partial charge is 0.323 e. The van der Waals surface area contributed by atoms with Crippen LogP contribution < -0.4 is 5.32 Å². The van der Waals surface area contributed by atoms with Crippen molar-refractivity contribution in [3.8, 4) is 0 Å². The molecule has 0 bridgehead atoms. The van der Waals surface area contributed by atoms with E-state index in [0.29, 0.717) is 0 Å². The molecule has 1 N–H and O–H groups in total. The van der Waals surface area contributed by atoms with Crippen molar-refractivity contribution in [1.29, 1.82) is 0 Å². The third kappa shape index (κ3) is 3.53. The molecule has 0 amide bonds. The Balaban J connectivity index is 3.81. The summed E-state index contributed by atoms with van der Waals surface area (Å²) in [6.07, 6.45) is 1.31. The molecular weight excluding hydrogens is 154 g/mol. The lowest BCUT2D eigenvalue weighted by atomic mass is 10.5. The van der Waals surface area contributed by atoms with Crippen LogP contribution in [0.5, 0.6) is 0 Å². The molecule has 0 aromatic heterocycles. The molecule has 0 aliphatic rings. The first-order chi connectivity index (χ1) is 4.52. The van der Waals surface area contributed by atoms with Crippen molar-refractivity contribution in [1.82, 2.24) is 5.32 Å². The normalized spacial score (nSPS) is 15.6. The standard InChI is InChI=1S/C7H21NSi2/c1-5-10(6-8-4)7(2,3)9/h8,10H,5-6H2,1-4,9H3. The van der Waals surface area contributed by atoms with E-state index in [1.54, 1.807) is 0 Å². The zero-order chi connectivity index (χ0) is 8.20. The molecular formula is C7H21NSi2. The highest BCUT2D eigenvalue weighted by Crippen LogP contribution is 2.24. The van der Waals surface area contributed by atoms with Gasteiger partial charge in [0.05, 0.1) is 8.80 Å². The van der Waals surface area contributed by atoms with Crippen LogP contribution in [0, 0.1) is 0 Å². The Hall–Kier alpha value is 0.394. The molecule has 62 valence electrons. The monoisotopic (exact) mass is 175 g/mol. The summed E-state index contributed by atoms with van der Waals surface area (Å²) in [7, 11) is 2.98. The van der Waals surface area contributed by atoms with Crippen LogP contribution in [0.2, 0.25) is 10.7 Å². The Morgan fingerprint density at radius 3 is 2.10 bits per heavy atom. The van der Waals surface area contributed by atoms with Gasteiger partial charge in [0.1, 0.15) is 0 Å². The summed E-state index contributed by atoms with van der Waals surface area (Å²) in [4.78, 5) is 0. The number of hydrogen-bond donors (Lipinski definition) is 1. The Labute approximate surface area is 69.6 Å². The predicted octanol–water partition coefficient (Wildman–Crippen LogP) is 0.0951. The molecule has 0 saturated carbocycles. The highest BCUT2D eigenvalue weighted by molar-refractivity contribution is 6.70. The fourth-order valence-electron chi connectivity index (χ4n) is 1.31. The molecule has 0 heterocycles. The molecule has 1 atom stereocenters. The van der Waals surface area contributed by atoms with Crippen LogP contribution in [0.1, 0.15) is 20.8 Å². The van der Waals surface area contributed by atoms with Crippen molar-refractivity contribution < 1.29 is 0 Å². The van der Waals surface area contributed by atoms with Gasteiger partial charge in [0.25, 0.3) is 0 Å². The average molecular weight is 175 g/mol. The molecule has 10 heavy (non-hydrogen) atoms. The number of rotatable bonds is 4. The fourth-order valence-corrected chi connectivity index (χ4v) is 5.77. The first-order valence-electron chi connectivity index (χ1n) is 4.17. The van der Waals surface area contributed by atoms with E-state index in [4.69, 9.17) is 0 Å². The second-order valence-corrected chi connectivity index (χ2v) is 12.1. The molecule has 0 aromatic carbocycles. The van der Waals surface area contributed by atoms with Crippen molar-refractivity contribution in [3.05, 3.63) is 0 Å². The van der Waals surface area contributed by atoms with E-state index in [1.165, 1.54) is 22.5 Å². The van der Waals surface area contributed by atoms with Gasteiger partial charge in [0.15, 0.2) is 0 Å². The van der Waals surface area contributed by atoms with E-state index in [0.717, 1.165) is 4.66 Å². The quantitative estimate of drug-likeness (QED) is 0.598. The molecule has 1 nitrogen and oxygen atoms in total. The number of nitrogens with one attached hydrogen (secondary N) is 1. The summed E-state index contributed by atoms with van der Waals surface area (Å²) in [5.74, 6) is 0. The van der Waals surface area contributed by atoms with Crippen molar-refractivity contribution >= 4 is 19.0 Å². The SMILES string of the molecule is CC[SiH](CNC)C(C)(C)[SiH3]. The molecule has 0 aromatic rings. The van der Waals surface area contributed by atoms with Crippen LogP contribution in [0.15, 0.2) is 0 Å². The van der Waals surface area contributed by atoms with Gasteiger partial charge >= 0.3 is 0 Å². The van der Waals surface area contributed by atoms with Crippen molar-refractivity contribution in [2.75, 3.05) is 13.2 Å². The zero-order valence-corrected chi connectivity index (χ0v) is 11.1. The highest BCUT2D eigenvalue weighted by atomic mass is 28.3. The molecule has 1 unspecified atom stereocenters. The fraction of sp³-hybridized carbons (Fsp3) is 1.00. The Bertz CT molecular complexity index is 88.1. The minimum atomic E-state index is -0.451. The van der Waals surface area contributed by atoms with Gasteiger partial charge in [-0.05, 0) is 13.2 Å². The van der Waals surface area contributed by atoms with Crippen LogP contribution in [0.4, 0.5) is 0 Å². The highest BCUT2D eigenvalue weighted by Gasteiger charge is 2.22. The molecule has 0 aliphatic heterocycles. The Morgan fingerprint density at radius 2 is 2.00 bits per heavy atom. The Morgan fingerprint density at radius 1 is 1.50 bits per heavy atom. The van der Waals surface area contributed by atoms with Gasteiger partial charge < -0.3 is 5.32 Å². The van der Waals surface area contributed by atoms with Gasteiger partial charge in [-0.1, -0.05) is 31.5 Å². The molecule has 0 rings (SSSR count). The summed E-state index contributed by atoms with van der Waals surface area (Å²) >= 11 is 0. The summed E-state index contributed by atoms with van der Waals surface area (Å²) in [6, 6.07) is 1.44. The minimum absolute atomic E-state index is 0.451. The molecule has 3 heteroatoms. The van der Waals surface area contributed by atoms with Gasteiger partial charge in [-0.15, -0.1) is 0 Å². The number of hydrogen-bond acceptors (Lipinski definition) is 1. The Kier molecular flexibility index (Phi) is 4.48.